The summed E-state index contributed by atoms with van der Waals surface area (Å²) in [6.45, 7) is 4.34. The lowest BCUT2D eigenvalue weighted by atomic mass is 10.1. The maximum atomic E-state index is 12.6. The Morgan fingerprint density at radius 3 is 2.96 bits per heavy atom. The number of para-hydroxylation sites is 1. The smallest absolute Gasteiger partial charge is 0.242 e. The topological polar surface area (TPSA) is 51.5 Å². The van der Waals surface area contributed by atoms with Crippen LogP contribution in [0.25, 0.3) is 10.9 Å². The van der Waals surface area contributed by atoms with E-state index in [0.717, 1.165) is 24.9 Å². The first-order valence-corrected chi connectivity index (χ1v) is 8.16. The van der Waals surface area contributed by atoms with E-state index in [1.165, 1.54) is 6.07 Å². The number of piperidine rings is 1. The van der Waals surface area contributed by atoms with Crippen LogP contribution in [0.4, 0.5) is 0 Å². The largest absolute Gasteiger partial charge is 0.377 e. The van der Waals surface area contributed by atoms with Crippen molar-refractivity contribution in [1.82, 2.24) is 9.47 Å². The highest BCUT2D eigenvalue weighted by Crippen LogP contribution is 2.15. The van der Waals surface area contributed by atoms with Crippen LogP contribution in [0, 0.1) is 0 Å². The highest BCUT2D eigenvalue weighted by Gasteiger charge is 2.24. The molecule has 1 amide bonds. The summed E-state index contributed by atoms with van der Waals surface area (Å²) in [6, 6.07) is 8.92. The van der Waals surface area contributed by atoms with Gasteiger partial charge in [0.1, 0.15) is 6.54 Å². The molecule has 1 saturated heterocycles. The first kappa shape index (κ1) is 15.7. The Morgan fingerprint density at radius 1 is 1.30 bits per heavy atom. The van der Waals surface area contributed by atoms with Crippen molar-refractivity contribution in [3.05, 3.63) is 46.8 Å². The van der Waals surface area contributed by atoms with Gasteiger partial charge in [0.2, 0.25) is 5.91 Å². The summed E-state index contributed by atoms with van der Waals surface area (Å²) in [4.78, 5) is 26.4. The average molecular weight is 314 g/mol. The number of rotatable bonds is 4. The van der Waals surface area contributed by atoms with Crippen LogP contribution < -0.4 is 5.43 Å². The summed E-state index contributed by atoms with van der Waals surface area (Å²) in [5, 5.41) is 0.647. The number of hydrogen-bond donors (Lipinski definition) is 0. The maximum absolute atomic E-state index is 12.6. The number of aromatic nitrogens is 1. The summed E-state index contributed by atoms with van der Waals surface area (Å²) < 4.78 is 7.51. The number of fused-ring (bicyclic) bond motifs is 1. The third-order valence-corrected chi connectivity index (χ3v) is 4.32. The predicted molar refractivity (Wildman–Crippen MR) is 89.4 cm³/mol. The molecule has 1 aliphatic heterocycles. The second-order valence-electron chi connectivity index (χ2n) is 5.88. The molecule has 3 rings (SSSR count). The van der Waals surface area contributed by atoms with Crippen LogP contribution in [-0.4, -0.2) is 41.2 Å². The molecule has 5 heteroatoms. The molecule has 23 heavy (non-hydrogen) atoms. The molecule has 122 valence electrons. The number of amides is 1. The van der Waals surface area contributed by atoms with Crippen molar-refractivity contribution < 1.29 is 9.53 Å². The van der Waals surface area contributed by atoms with E-state index in [4.69, 9.17) is 4.74 Å². The minimum atomic E-state index is -0.0151. The van der Waals surface area contributed by atoms with Crippen LogP contribution in [0.2, 0.25) is 0 Å². The summed E-state index contributed by atoms with van der Waals surface area (Å²) in [6.07, 6.45) is 3.83. The third kappa shape index (κ3) is 3.45. The minimum Gasteiger partial charge on any atom is -0.377 e. The second-order valence-corrected chi connectivity index (χ2v) is 5.88. The Hall–Kier alpha value is -2.14. The van der Waals surface area contributed by atoms with Crippen molar-refractivity contribution >= 4 is 16.8 Å². The fraction of sp³-hybridized carbons (Fsp3) is 0.444. The zero-order valence-corrected chi connectivity index (χ0v) is 13.4. The van der Waals surface area contributed by atoms with Gasteiger partial charge in [-0.05, 0) is 31.9 Å². The highest BCUT2D eigenvalue weighted by molar-refractivity contribution is 5.82. The van der Waals surface area contributed by atoms with Crippen LogP contribution >= 0.6 is 0 Å². The van der Waals surface area contributed by atoms with Gasteiger partial charge in [-0.2, -0.15) is 0 Å². The number of pyridine rings is 1. The molecule has 2 aromatic rings. The lowest BCUT2D eigenvalue weighted by molar-refractivity contribution is -0.135. The van der Waals surface area contributed by atoms with Gasteiger partial charge in [-0.3, -0.25) is 9.59 Å². The third-order valence-electron chi connectivity index (χ3n) is 4.32. The average Bonchev–Trinajstić information content (AvgIpc) is 2.58. The molecule has 0 N–H and O–H groups in total. The van der Waals surface area contributed by atoms with Gasteiger partial charge in [0.05, 0.1) is 11.6 Å². The minimum absolute atomic E-state index is 0.0151. The fourth-order valence-corrected chi connectivity index (χ4v) is 3.18. The molecule has 0 bridgehead atoms. The van der Waals surface area contributed by atoms with Crippen molar-refractivity contribution in [2.24, 2.45) is 0 Å². The van der Waals surface area contributed by atoms with Gasteiger partial charge in [-0.15, -0.1) is 0 Å². The van der Waals surface area contributed by atoms with Crippen molar-refractivity contribution in [1.29, 1.82) is 0 Å². The van der Waals surface area contributed by atoms with E-state index in [-0.39, 0.29) is 24.0 Å². The van der Waals surface area contributed by atoms with Gasteiger partial charge in [0, 0.05) is 37.3 Å². The Morgan fingerprint density at radius 2 is 2.13 bits per heavy atom. The monoisotopic (exact) mass is 314 g/mol. The number of nitrogens with zero attached hydrogens (tertiary/aromatic N) is 2. The Balaban J connectivity index is 1.78. The quantitative estimate of drug-likeness (QED) is 0.867. The first-order chi connectivity index (χ1) is 11.2. The lowest BCUT2D eigenvalue weighted by Gasteiger charge is -2.32. The zero-order chi connectivity index (χ0) is 16.2. The number of benzene rings is 1. The van der Waals surface area contributed by atoms with Crippen LogP contribution in [-0.2, 0) is 16.1 Å². The lowest BCUT2D eigenvalue weighted by Crippen LogP contribution is -2.44. The van der Waals surface area contributed by atoms with Crippen molar-refractivity contribution in [2.75, 3.05) is 19.7 Å². The van der Waals surface area contributed by atoms with Gasteiger partial charge in [0.25, 0.3) is 0 Å². The maximum Gasteiger partial charge on any atom is 0.242 e. The molecule has 0 saturated carbocycles. The molecule has 0 spiro atoms. The molecular formula is C18H22N2O3. The van der Waals surface area contributed by atoms with Crippen LogP contribution in [0.5, 0.6) is 0 Å². The number of carbonyl (C=O) groups excluding carboxylic acids is 1. The summed E-state index contributed by atoms with van der Waals surface area (Å²) >= 11 is 0. The summed E-state index contributed by atoms with van der Waals surface area (Å²) in [5.74, 6) is 0.0724. The molecule has 1 aromatic carbocycles. The second kappa shape index (κ2) is 6.96. The van der Waals surface area contributed by atoms with Crippen molar-refractivity contribution in [2.45, 2.75) is 32.4 Å². The SMILES string of the molecule is CCO[C@H]1CCCN(C(=O)Cn2ccc(=O)c3ccccc32)C1. The van der Waals surface area contributed by atoms with Crippen LogP contribution in [0.3, 0.4) is 0 Å². The van der Waals surface area contributed by atoms with Gasteiger partial charge in [0.15, 0.2) is 5.43 Å². The summed E-state index contributed by atoms with van der Waals surface area (Å²) in [7, 11) is 0. The fourth-order valence-electron chi connectivity index (χ4n) is 3.18. The molecule has 5 nitrogen and oxygen atoms in total. The van der Waals surface area contributed by atoms with Gasteiger partial charge in [-0.1, -0.05) is 12.1 Å². The molecule has 1 aliphatic rings. The van der Waals surface area contributed by atoms with Crippen molar-refractivity contribution in [3.63, 3.8) is 0 Å². The number of carbonyl (C=O) groups is 1. The van der Waals surface area contributed by atoms with Crippen LogP contribution in [0.15, 0.2) is 41.3 Å². The Bertz CT molecular complexity index is 751. The Labute approximate surface area is 135 Å². The first-order valence-electron chi connectivity index (χ1n) is 8.16. The molecule has 0 radical (unpaired) electrons. The standard InChI is InChI=1S/C18H22N2O3/c1-2-23-14-6-5-10-20(12-14)18(22)13-19-11-9-17(21)15-7-3-4-8-16(15)19/h3-4,7-9,11,14H,2,5-6,10,12-13H2,1H3/t14-/m0/s1. The molecule has 1 fully saturated rings. The number of likely N-dealkylation sites (tertiary alicyclic amines) is 1. The molecule has 0 aliphatic carbocycles. The molecule has 2 heterocycles. The van der Waals surface area contributed by atoms with E-state index in [0.29, 0.717) is 18.5 Å². The van der Waals surface area contributed by atoms with E-state index in [1.54, 1.807) is 12.3 Å². The number of hydrogen-bond acceptors (Lipinski definition) is 3. The number of ether oxygens (including phenoxy) is 1. The highest BCUT2D eigenvalue weighted by atomic mass is 16.5. The van der Waals surface area contributed by atoms with E-state index in [2.05, 4.69) is 0 Å². The van der Waals surface area contributed by atoms with E-state index in [1.807, 2.05) is 34.6 Å². The van der Waals surface area contributed by atoms with Gasteiger partial charge >= 0.3 is 0 Å². The summed E-state index contributed by atoms with van der Waals surface area (Å²) in [5.41, 5.74) is 0.783. The van der Waals surface area contributed by atoms with Gasteiger partial charge in [-0.25, -0.2) is 0 Å². The van der Waals surface area contributed by atoms with E-state index < -0.39 is 0 Å². The molecule has 1 atom stereocenters. The van der Waals surface area contributed by atoms with Crippen LogP contribution in [0.1, 0.15) is 19.8 Å². The Kier molecular flexibility index (Phi) is 4.76. The predicted octanol–water partition coefficient (Wildman–Crippen LogP) is 2.03. The normalized spacial score (nSPS) is 18.3. The molecular weight excluding hydrogens is 292 g/mol. The zero-order valence-electron chi connectivity index (χ0n) is 13.4. The van der Waals surface area contributed by atoms with Gasteiger partial charge < -0.3 is 14.2 Å². The molecule has 1 aromatic heterocycles. The van der Waals surface area contributed by atoms with E-state index >= 15 is 0 Å². The van der Waals surface area contributed by atoms with E-state index in [9.17, 15) is 9.59 Å². The van der Waals surface area contributed by atoms with Crippen molar-refractivity contribution in [3.8, 4) is 0 Å². The molecule has 0 unspecified atom stereocenters.